The molecule has 1 aromatic heterocycles. The Morgan fingerprint density at radius 1 is 0.370 bits per heavy atom. The molecule has 0 unspecified atom stereocenters. The first kappa shape index (κ1) is 34.7. The van der Waals surface area contributed by atoms with Crippen LogP contribution in [-0.4, -0.2) is 4.57 Å². The fourth-order valence-electron chi connectivity index (χ4n) is 8.13. The lowest BCUT2D eigenvalue weighted by molar-refractivity contribution is 1.18. The van der Waals surface area contributed by atoms with Crippen LogP contribution in [0.4, 0.5) is 17.1 Å². The van der Waals surface area contributed by atoms with Crippen LogP contribution in [0.5, 0.6) is 0 Å². The molecule has 2 heteroatoms. The molecule has 0 amide bonds. The SMILES string of the molecule is CC.Cc1ccccc1-c1ccc(N(c2ccccc2)c2ccc3c(c2)c2cc4c(-c5ccccc5C)c(C)ccc4cc2n3-c2ccccc2)cc1C. The minimum atomic E-state index is 1.12. The Balaban J connectivity index is 0.00000203. The normalized spacial score (nSPS) is 11.1. The fourth-order valence-corrected chi connectivity index (χ4v) is 8.13. The van der Waals surface area contributed by atoms with E-state index in [0.29, 0.717) is 0 Å². The molecular formula is C52H46N2. The smallest absolute Gasteiger partial charge is 0.0547 e. The highest BCUT2D eigenvalue weighted by Crippen LogP contribution is 2.43. The molecule has 0 aliphatic heterocycles. The average molecular weight is 699 g/mol. The molecule has 0 aliphatic rings. The maximum atomic E-state index is 2.44. The Bertz CT molecular complexity index is 2770. The largest absolute Gasteiger partial charge is 0.310 e. The van der Waals surface area contributed by atoms with Gasteiger partial charge in [-0.2, -0.15) is 0 Å². The number of para-hydroxylation sites is 2. The van der Waals surface area contributed by atoms with Crippen molar-refractivity contribution >= 4 is 49.6 Å². The van der Waals surface area contributed by atoms with Crippen LogP contribution in [-0.2, 0) is 0 Å². The van der Waals surface area contributed by atoms with Gasteiger partial charge in [0.15, 0.2) is 0 Å². The van der Waals surface area contributed by atoms with E-state index >= 15 is 0 Å². The lowest BCUT2D eigenvalue weighted by Gasteiger charge is -2.26. The first-order valence-electron chi connectivity index (χ1n) is 19.1. The number of nitrogens with zero attached hydrogens (tertiary/aromatic N) is 2. The summed E-state index contributed by atoms with van der Waals surface area (Å²) in [4.78, 5) is 2.39. The first-order chi connectivity index (χ1) is 26.5. The molecule has 0 atom stereocenters. The number of hydrogen-bond acceptors (Lipinski definition) is 1. The molecule has 0 radical (unpaired) electrons. The third-order valence-electron chi connectivity index (χ3n) is 10.7. The summed E-state index contributed by atoms with van der Waals surface area (Å²) in [6, 6.07) is 62.1. The van der Waals surface area contributed by atoms with Crippen LogP contribution in [0.3, 0.4) is 0 Å². The van der Waals surface area contributed by atoms with Crippen LogP contribution < -0.4 is 4.90 Å². The van der Waals surface area contributed by atoms with Crippen molar-refractivity contribution in [2.75, 3.05) is 4.90 Å². The molecule has 8 aromatic carbocycles. The van der Waals surface area contributed by atoms with Crippen LogP contribution in [0.25, 0.3) is 60.5 Å². The number of anilines is 3. The van der Waals surface area contributed by atoms with Gasteiger partial charge in [-0.15, -0.1) is 0 Å². The zero-order chi connectivity index (χ0) is 37.3. The Morgan fingerprint density at radius 3 is 1.63 bits per heavy atom. The summed E-state index contributed by atoms with van der Waals surface area (Å²) in [5.41, 5.74) is 17.2. The van der Waals surface area contributed by atoms with Gasteiger partial charge in [-0.1, -0.05) is 117 Å². The average Bonchev–Trinajstić information content (AvgIpc) is 3.52. The highest BCUT2D eigenvalue weighted by atomic mass is 15.1. The van der Waals surface area contributed by atoms with Gasteiger partial charge in [-0.25, -0.2) is 0 Å². The molecule has 1 heterocycles. The molecule has 0 saturated carbocycles. The number of aromatic nitrogens is 1. The van der Waals surface area contributed by atoms with E-state index in [0.717, 1.165) is 22.7 Å². The van der Waals surface area contributed by atoms with Crippen LogP contribution in [0.15, 0.2) is 170 Å². The molecule has 9 aromatic rings. The summed E-state index contributed by atoms with van der Waals surface area (Å²) in [6.45, 7) is 12.9. The molecule has 0 spiro atoms. The lowest BCUT2D eigenvalue weighted by atomic mass is 9.90. The van der Waals surface area contributed by atoms with E-state index in [1.165, 1.54) is 77.1 Å². The topological polar surface area (TPSA) is 8.17 Å². The standard InChI is InChI=1S/C50H40N2.C2H6/c1-33-15-11-13-21-42(33)43-27-25-40(29-36(43)4)51(38-17-7-5-8-18-38)41-26-28-48-46(31-41)47-32-45-37(30-49(47)52(48)39-19-9-6-10-20-39)24-23-35(3)50(45)44-22-14-12-16-34(44)2;1-2/h5-32H,1-4H3;1-2H3. The van der Waals surface area contributed by atoms with Gasteiger partial charge in [0.2, 0.25) is 0 Å². The summed E-state index contributed by atoms with van der Waals surface area (Å²) in [7, 11) is 0. The number of benzene rings is 8. The van der Waals surface area contributed by atoms with Crippen LogP contribution in [0.1, 0.15) is 36.1 Å². The Labute approximate surface area is 319 Å². The van der Waals surface area contributed by atoms with E-state index in [1.807, 2.05) is 13.8 Å². The first-order valence-corrected chi connectivity index (χ1v) is 19.1. The quantitative estimate of drug-likeness (QED) is 0.168. The van der Waals surface area contributed by atoms with Crippen LogP contribution >= 0.6 is 0 Å². The Hall–Kier alpha value is -6.38. The van der Waals surface area contributed by atoms with Gasteiger partial charge in [0.1, 0.15) is 0 Å². The predicted octanol–water partition coefficient (Wildman–Crippen LogP) is 15.0. The second-order valence-corrected chi connectivity index (χ2v) is 14.0. The van der Waals surface area contributed by atoms with Gasteiger partial charge in [0.05, 0.1) is 11.0 Å². The van der Waals surface area contributed by atoms with Gasteiger partial charge >= 0.3 is 0 Å². The Kier molecular flexibility index (Phi) is 9.36. The van der Waals surface area contributed by atoms with Gasteiger partial charge in [0, 0.05) is 33.5 Å². The second kappa shape index (κ2) is 14.6. The maximum Gasteiger partial charge on any atom is 0.0547 e. The van der Waals surface area contributed by atoms with E-state index < -0.39 is 0 Å². The molecule has 0 saturated heterocycles. The minimum Gasteiger partial charge on any atom is -0.310 e. The van der Waals surface area contributed by atoms with Crippen LogP contribution in [0, 0.1) is 27.7 Å². The van der Waals surface area contributed by atoms with Gasteiger partial charge in [0.25, 0.3) is 0 Å². The van der Waals surface area contributed by atoms with E-state index in [1.54, 1.807) is 0 Å². The molecule has 2 nitrogen and oxygen atoms in total. The minimum absolute atomic E-state index is 1.12. The van der Waals surface area contributed by atoms with Crippen molar-refractivity contribution in [1.29, 1.82) is 0 Å². The summed E-state index contributed by atoms with van der Waals surface area (Å²) < 4.78 is 2.43. The highest BCUT2D eigenvalue weighted by molar-refractivity contribution is 6.16. The molecule has 0 N–H and O–H groups in total. The third-order valence-corrected chi connectivity index (χ3v) is 10.7. The molecule has 9 rings (SSSR count). The van der Waals surface area contributed by atoms with Gasteiger partial charge < -0.3 is 9.47 Å². The lowest BCUT2D eigenvalue weighted by Crippen LogP contribution is -2.10. The van der Waals surface area contributed by atoms with E-state index in [9.17, 15) is 0 Å². The van der Waals surface area contributed by atoms with Crippen molar-refractivity contribution in [1.82, 2.24) is 4.57 Å². The van der Waals surface area contributed by atoms with Crippen molar-refractivity contribution in [3.8, 4) is 27.9 Å². The summed E-state index contributed by atoms with van der Waals surface area (Å²) in [6.07, 6.45) is 0. The third kappa shape index (κ3) is 6.04. The highest BCUT2D eigenvalue weighted by Gasteiger charge is 2.20. The van der Waals surface area contributed by atoms with Crippen molar-refractivity contribution in [3.63, 3.8) is 0 Å². The van der Waals surface area contributed by atoms with Crippen molar-refractivity contribution < 1.29 is 0 Å². The second-order valence-electron chi connectivity index (χ2n) is 14.0. The number of aryl methyl sites for hydroxylation is 4. The Morgan fingerprint density at radius 2 is 0.944 bits per heavy atom. The summed E-state index contributed by atoms with van der Waals surface area (Å²) >= 11 is 0. The monoisotopic (exact) mass is 698 g/mol. The van der Waals surface area contributed by atoms with Crippen LogP contribution in [0.2, 0.25) is 0 Å². The molecule has 0 fully saturated rings. The molecule has 0 bridgehead atoms. The maximum absolute atomic E-state index is 2.44. The van der Waals surface area contributed by atoms with E-state index in [4.69, 9.17) is 0 Å². The molecule has 54 heavy (non-hydrogen) atoms. The van der Waals surface area contributed by atoms with Crippen molar-refractivity contribution in [2.45, 2.75) is 41.5 Å². The zero-order valence-corrected chi connectivity index (χ0v) is 32.1. The molecule has 0 aliphatic carbocycles. The molecular weight excluding hydrogens is 653 g/mol. The zero-order valence-electron chi connectivity index (χ0n) is 32.1. The predicted molar refractivity (Wildman–Crippen MR) is 234 cm³/mol. The summed E-state index contributed by atoms with van der Waals surface area (Å²) in [5.74, 6) is 0. The van der Waals surface area contributed by atoms with Crippen molar-refractivity contribution in [3.05, 3.63) is 192 Å². The van der Waals surface area contributed by atoms with E-state index in [-0.39, 0.29) is 0 Å². The molecule has 264 valence electrons. The fraction of sp³-hybridized carbons (Fsp3) is 0.115. The number of fused-ring (bicyclic) bond motifs is 4. The van der Waals surface area contributed by atoms with E-state index in [2.05, 4.69) is 207 Å². The van der Waals surface area contributed by atoms with Gasteiger partial charge in [-0.05, 0) is 150 Å². The number of hydrogen-bond donors (Lipinski definition) is 0. The summed E-state index contributed by atoms with van der Waals surface area (Å²) in [5, 5.41) is 4.99. The number of rotatable bonds is 6. The van der Waals surface area contributed by atoms with Crippen molar-refractivity contribution in [2.24, 2.45) is 0 Å². The van der Waals surface area contributed by atoms with Gasteiger partial charge in [-0.3, -0.25) is 0 Å².